The van der Waals surface area contributed by atoms with Crippen LogP contribution in [-0.4, -0.2) is 19.5 Å². The highest BCUT2D eigenvalue weighted by Gasteiger charge is 2.03. The van der Waals surface area contributed by atoms with Crippen molar-refractivity contribution in [3.63, 3.8) is 0 Å². The zero-order valence-corrected chi connectivity index (χ0v) is 6.02. The van der Waals surface area contributed by atoms with Crippen molar-refractivity contribution in [2.24, 2.45) is 7.05 Å². The minimum absolute atomic E-state index is 0.459. The van der Waals surface area contributed by atoms with Crippen LogP contribution in [0, 0.1) is 0 Å². The van der Waals surface area contributed by atoms with Crippen LogP contribution in [-0.2, 0) is 7.05 Å². The monoisotopic (exact) mass is 149 g/mol. The van der Waals surface area contributed by atoms with Crippen molar-refractivity contribution in [3.8, 4) is 0 Å². The highest BCUT2D eigenvalue weighted by atomic mass is 15.2. The van der Waals surface area contributed by atoms with Crippen molar-refractivity contribution in [3.05, 3.63) is 12.5 Å². The first kappa shape index (κ1) is 6.09. The van der Waals surface area contributed by atoms with Crippen LogP contribution in [0.3, 0.4) is 0 Å². The fourth-order valence-corrected chi connectivity index (χ4v) is 0.960. The topological polar surface area (TPSA) is 69.6 Å². The van der Waals surface area contributed by atoms with E-state index in [2.05, 4.69) is 15.0 Å². The van der Waals surface area contributed by atoms with Gasteiger partial charge in [-0.2, -0.15) is 0 Å². The molecule has 0 unspecified atom stereocenters. The summed E-state index contributed by atoms with van der Waals surface area (Å²) in [6.45, 7) is 0. The maximum atomic E-state index is 5.54. The van der Waals surface area contributed by atoms with Crippen LogP contribution in [0.5, 0.6) is 0 Å². The van der Waals surface area contributed by atoms with Crippen molar-refractivity contribution in [2.45, 2.75) is 0 Å². The van der Waals surface area contributed by atoms with Gasteiger partial charge in [0.25, 0.3) is 0 Å². The third kappa shape index (κ3) is 0.739. The quantitative estimate of drug-likeness (QED) is 0.570. The van der Waals surface area contributed by atoms with Crippen molar-refractivity contribution >= 4 is 17.1 Å². The van der Waals surface area contributed by atoms with Crippen molar-refractivity contribution < 1.29 is 0 Å². The van der Waals surface area contributed by atoms with Crippen LogP contribution < -0.4 is 5.73 Å². The predicted molar refractivity (Wildman–Crippen MR) is 40.7 cm³/mol. The highest BCUT2D eigenvalue weighted by molar-refractivity contribution is 5.72. The summed E-state index contributed by atoms with van der Waals surface area (Å²) in [5.41, 5.74) is 7.03. The van der Waals surface area contributed by atoms with Crippen LogP contribution >= 0.6 is 0 Å². The van der Waals surface area contributed by atoms with Gasteiger partial charge in [-0.1, -0.05) is 0 Å². The first-order valence-corrected chi connectivity index (χ1v) is 3.17. The second kappa shape index (κ2) is 1.91. The first-order chi connectivity index (χ1) is 5.29. The SMILES string of the molecule is Cn1c(N)nc2cncnc21. The Labute approximate surface area is 62.9 Å². The standard InChI is InChI=1S/C6H7N5/c1-11-5-4(10-6(11)7)2-8-3-9-5/h2-3H,1H3,(H2,7,10). The van der Waals surface area contributed by atoms with E-state index in [1.54, 1.807) is 10.8 Å². The Bertz CT molecular complexity index is 391. The average molecular weight is 149 g/mol. The Hall–Kier alpha value is -1.65. The number of hydrogen-bond acceptors (Lipinski definition) is 4. The molecule has 0 aliphatic carbocycles. The molecule has 5 heteroatoms. The molecule has 0 saturated carbocycles. The molecule has 2 aromatic rings. The minimum Gasteiger partial charge on any atom is -0.369 e. The zero-order valence-electron chi connectivity index (χ0n) is 6.02. The molecule has 2 N–H and O–H groups in total. The molecule has 2 heterocycles. The molecule has 56 valence electrons. The lowest BCUT2D eigenvalue weighted by molar-refractivity contribution is 0.944. The lowest BCUT2D eigenvalue weighted by Crippen LogP contribution is -1.96. The second-order valence-electron chi connectivity index (χ2n) is 2.26. The molecule has 0 aliphatic rings. The number of imidazole rings is 1. The fourth-order valence-electron chi connectivity index (χ4n) is 0.960. The lowest BCUT2D eigenvalue weighted by Gasteiger charge is -1.91. The number of aryl methyl sites for hydroxylation is 1. The molecule has 5 nitrogen and oxygen atoms in total. The van der Waals surface area contributed by atoms with E-state index in [9.17, 15) is 0 Å². The molecular weight excluding hydrogens is 142 g/mol. The smallest absolute Gasteiger partial charge is 0.202 e. The Morgan fingerprint density at radius 2 is 2.36 bits per heavy atom. The van der Waals surface area contributed by atoms with Gasteiger partial charge in [0.15, 0.2) is 5.65 Å². The zero-order chi connectivity index (χ0) is 7.84. The summed E-state index contributed by atoms with van der Waals surface area (Å²) in [6.07, 6.45) is 3.11. The molecule has 0 saturated heterocycles. The summed E-state index contributed by atoms with van der Waals surface area (Å²) in [7, 11) is 1.82. The predicted octanol–water partition coefficient (Wildman–Crippen LogP) is -0.0545. The van der Waals surface area contributed by atoms with E-state index in [0.29, 0.717) is 5.95 Å². The van der Waals surface area contributed by atoms with E-state index >= 15 is 0 Å². The second-order valence-corrected chi connectivity index (χ2v) is 2.26. The van der Waals surface area contributed by atoms with Crippen molar-refractivity contribution in [1.82, 2.24) is 19.5 Å². The largest absolute Gasteiger partial charge is 0.369 e. The van der Waals surface area contributed by atoms with Gasteiger partial charge in [-0.3, -0.25) is 4.57 Å². The van der Waals surface area contributed by atoms with Gasteiger partial charge >= 0.3 is 0 Å². The molecular formula is C6H7N5. The summed E-state index contributed by atoms with van der Waals surface area (Å²) in [4.78, 5) is 11.9. The van der Waals surface area contributed by atoms with Gasteiger partial charge in [-0.15, -0.1) is 0 Å². The highest BCUT2D eigenvalue weighted by Crippen LogP contribution is 2.10. The van der Waals surface area contributed by atoms with E-state index in [-0.39, 0.29) is 0 Å². The van der Waals surface area contributed by atoms with E-state index in [4.69, 9.17) is 5.73 Å². The summed E-state index contributed by atoms with van der Waals surface area (Å²) in [5.74, 6) is 0.459. The van der Waals surface area contributed by atoms with Crippen LogP contribution in [0.4, 0.5) is 5.95 Å². The van der Waals surface area contributed by atoms with E-state index in [1.807, 2.05) is 7.05 Å². The molecule has 0 fully saturated rings. The van der Waals surface area contributed by atoms with Gasteiger partial charge in [0.05, 0.1) is 6.20 Å². The molecule has 2 rings (SSSR count). The van der Waals surface area contributed by atoms with E-state index in [1.165, 1.54) is 6.33 Å². The third-order valence-electron chi connectivity index (χ3n) is 1.57. The molecule has 0 atom stereocenters. The summed E-state index contributed by atoms with van der Waals surface area (Å²) < 4.78 is 1.72. The Morgan fingerprint density at radius 3 is 3.09 bits per heavy atom. The van der Waals surface area contributed by atoms with Crippen LogP contribution in [0.25, 0.3) is 11.2 Å². The Kier molecular flexibility index (Phi) is 1.06. The van der Waals surface area contributed by atoms with E-state index in [0.717, 1.165) is 11.2 Å². The van der Waals surface area contributed by atoms with Gasteiger partial charge in [0, 0.05) is 7.05 Å². The number of aromatic nitrogens is 4. The number of nitrogens with two attached hydrogens (primary N) is 1. The van der Waals surface area contributed by atoms with Gasteiger partial charge in [0.2, 0.25) is 5.95 Å². The molecule has 0 radical (unpaired) electrons. The average Bonchev–Trinajstić information content (AvgIpc) is 2.30. The van der Waals surface area contributed by atoms with E-state index < -0.39 is 0 Å². The lowest BCUT2D eigenvalue weighted by atomic mass is 10.6. The molecule has 11 heavy (non-hydrogen) atoms. The van der Waals surface area contributed by atoms with Crippen LogP contribution in [0.1, 0.15) is 0 Å². The van der Waals surface area contributed by atoms with Gasteiger partial charge in [-0.05, 0) is 0 Å². The van der Waals surface area contributed by atoms with Gasteiger partial charge < -0.3 is 5.73 Å². The first-order valence-electron chi connectivity index (χ1n) is 3.17. The third-order valence-corrected chi connectivity index (χ3v) is 1.57. The fraction of sp³-hybridized carbons (Fsp3) is 0.167. The Morgan fingerprint density at radius 1 is 1.55 bits per heavy atom. The molecule has 0 amide bonds. The summed E-state index contributed by atoms with van der Waals surface area (Å²) in [6, 6.07) is 0. The molecule has 2 aromatic heterocycles. The molecule has 0 bridgehead atoms. The van der Waals surface area contributed by atoms with Crippen molar-refractivity contribution in [1.29, 1.82) is 0 Å². The van der Waals surface area contributed by atoms with Gasteiger partial charge in [-0.25, -0.2) is 15.0 Å². The maximum absolute atomic E-state index is 5.54. The Balaban J connectivity index is 2.92. The summed E-state index contributed by atoms with van der Waals surface area (Å²) in [5, 5.41) is 0. The number of rotatable bonds is 0. The van der Waals surface area contributed by atoms with Gasteiger partial charge in [0.1, 0.15) is 11.8 Å². The molecule has 0 aliphatic heterocycles. The van der Waals surface area contributed by atoms with Crippen molar-refractivity contribution in [2.75, 3.05) is 5.73 Å². The minimum atomic E-state index is 0.459. The number of fused-ring (bicyclic) bond motifs is 1. The summed E-state index contributed by atoms with van der Waals surface area (Å²) >= 11 is 0. The molecule has 0 aromatic carbocycles. The molecule has 0 spiro atoms. The number of nitrogens with zero attached hydrogens (tertiary/aromatic N) is 4. The van der Waals surface area contributed by atoms with Crippen LogP contribution in [0.15, 0.2) is 12.5 Å². The number of nitrogen functional groups attached to an aromatic ring is 1. The van der Waals surface area contributed by atoms with Crippen LogP contribution in [0.2, 0.25) is 0 Å². The number of hydrogen-bond donors (Lipinski definition) is 1. The maximum Gasteiger partial charge on any atom is 0.202 e. The normalized spacial score (nSPS) is 10.6. The number of anilines is 1.